The van der Waals surface area contributed by atoms with Crippen molar-refractivity contribution in [2.24, 2.45) is 0 Å². The van der Waals surface area contributed by atoms with E-state index in [0.717, 1.165) is 11.8 Å². The van der Waals surface area contributed by atoms with Crippen LogP contribution in [-0.4, -0.2) is 28.0 Å². The van der Waals surface area contributed by atoms with E-state index >= 15 is 0 Å². The molecule has 2 aromatic rings. The third kappa shape index (κ3) is 4.55. The summed E-state index contributed by atoms with van der Waals surface area (Å²) in [6.45, 7) is 2.65. The van der Waals surface area contributed by atoms with Crippen LogP contribution in [0.15, 0.2) is 17.0 Å². The van der Waals surface area contributed by atoms with E-state index in [4.69, 9.17) is 0 Å². The Morgan fingerprint density at radius 1 is 1.24 bits per heavy atom. The van der Waals surface area contributed by atoms with E-state index in [1.54, 1.807) is 12.4 Å². The minimum atomic E-state index is -4.50. The quantitative estimate of drug-likeness (QED) is 0.857. The Bertz CT molecular complexity index is 571. The molecule has 0 amide bonds. The van der Waals surface area contributed by atoms with Crippen LogP contribution >= 0.6 is 11.3 Å². The van der Waals surface area contributed by atoms with E-state index in [1.807, 2.05) is 5.38 Å². The Morgan fingerprint density at radius 3 is 2.67 bits per heavy atom. The van der Waals surface area contributed by atoms with Gasteiger partial charge in [0, 0.05) is 31.0 Å². The van der Waals surface area contributed by atoms with E-state index in [2.05, 4.69) is 25.6 Å². The summed E-state index contributed by atoms with van der Waals surface area (Å²) in [7, 11) is 0. The third-order valence-corrected chi connectivity index (χ3v) is 3.16. The average molecular weight is 317 g/mol. The lowest BCUT2D eigenvalue weighted by Crippen LogP contribution is -2.15. The fourth-order valence-electron chi connectivity index (χ4n) is 1.60. The summed E-state index contributed by atoms with van der Waals surface area (Å²) in [6, 6.07) is 0.905. The highest BCUT2D eigenvalue weighted by molar-refractivity contribution is 7.07. The van der Waals surface area contributed by atoms with Gasteiger partial charge in [-0.25, -0.2) is 9.97 Å². The third-order valence-electron chi connectivity index (χ3n) is 2.52. The highest BCUT2D eigenvalue weighted by Gasteiger charge is 2.33. The first-order chi connectivity index (χ1) is 9.99. The van der Waals surface area contributed by atoms with Gasteiger partial charge in [0.15, 0.2) is 5.69 Å². The lowest BCUT2D eigenvalue weighted by Gasteiger charge is -2.11. The SMILES string of the molecule is CCNc1nc(NCCc2cscn2)cc(C(F)(F)F)n1. The van der Waals surface area contributed by atoms with Gasteiger partial charge in [-0.2, -0.15) is 18.2 Å². The Kier molecular flexibility index (Phi) is 4.94. The van der Waals surface area contributed by atoms with Gasteiger partial charge in [0.25, 0.3) is 0 Å². The zero-order chi connectivity index (χ0) is 15.3. The molecule has 0 atom stereocenters. The molecular formula is C12H14F3N5S. The van der Waals surface area contributed by atoms with Crippen LogP contribution in [0.3, 0.4) is 0 Å². The molecule has 0 bridgehead atoms. The van der Waals surface area contributed by atoms with Crippen molar-refractivity contribution in [1.82, 2.24) is 15.0 Å². The fourth-order valence-corrected chi connectivity index (χ4v) is 2.19. The number of aromatic nitrogens is 3. The van der Waals surface area contributed by atoms with Crippen LogP contribution in [0.1, 0.15) is 18.3 Å². The molecule has 2 N–H and O–H groups in total. The average Bonchev–Trinajstić information content (AvgIpc) is 2.91. The molecule has 21 heavy (non-hydrogen) atoms. The van der Waals surface area contributed by atoms with E-state index in [1.165, 1.54) is 11.3 Å². The van der Waals surface area contributed by atoms with Crippen LogP contribution in [-0.2, 0) is 12.6 Å². The number of nitrogens with one attached hydrogen (secondary N) is 2. The molecule has 0 aromatic carbocycles. The van der Waals surface area contributed by atoms with E-state index in [9.17, 15) is 13.2 Å². The monoisotopic (exact) mass is 317 g/mol. The molecule has 0 aliphatic carbocycles. The number of alkyl halides is 3. The summed E-state index contributed by atoms with van der Waals surface area (Å²) < 4.78 is 38.3. The second kappa shape index (κ2) is 6.70. The predicted octanol–water partition coefficient (Wildman–Crippen LogP) is 3.04. The topological polar surface area (TPSA) is 62.7 Å². The summed E-state index contributed by atoms with van der Waals surface area (Å²) in [5, 5.41) is 7.45. The van der Waals surface area contributed by atoms with Crippen LogP contribution in [0.4, 0.5) is 24.9 Å². The highest BCUT2D eigenvalue weighted by atomic mass is 32.1. The molecule has 0 radical (unpaired) electrons. The van der Waals surface area contributed by atoms with Crippen molar-refractivity contribution in [3.63, 3.8) is 0 Å². The van der Waals surface area contributed by atoms with E-state index < -0.39 is 11.9 Å². The van der Waals surface area contributed by atoms with Gasteiger partial charge >= 0.3 is 6.18 Å². The molecule has 114 valence electrons. The smallest absolute Gasteiger partial charge is 0.370 e. The molecule has 2 heterocycles. The molecule has 5 nitrogen and oxygen atoms in total. The maximum atomic E-state index is 12.8. The van der Waals surface area contributed by atoms with Gasteiger partial charge in [0.1, 0.15) is 5.82 Å². The minimum Gasteiger partial charge on any atom is -0.370 e. The zero-order valence-electron chi connectivity index (χ0n) is 11.2. The Morgan fingerprint density at radius 2 is 2.05 bits per heavy atom. The van der Waals surface area contributed by atoms with Crippen LogP contribution < -0.4 is 10.6 Å². The lowest BCUT2D eigenvalue weighted by molar-refractivity contribution is -0.141. The molecule has 0 fully saturated rings. The maximum absolute atomic E-state index is 12.8. The Balaban J connectivity index is 2.08. The summed E-state index contributed by atoms with van der Waals surface area (Å²) in [4.78, 5) is 11.6. The van der Waals surface area contributed by atoms with Crippen LogP contribution in [0.25, 0.3) is 0 Å². The number of halogens is 3. The zero-order valence-corrected chi connectivity index (χ0v) is 12.1. The highest BCUT2D eigenvalue weighted by Crippen LogP contribution is 2.29. The second-order valence-corrected chi connectivity index (χ2v) is 4.87. The standard InChI is InChI=1S/C12H14F3N5S/c1-2-16-11-19-9(12(13,14)15)5-10(20-11)17-4-3-8-6-21-7-18-8/h5-7H,2-4H2,1H3,(H2,16,17,19,20). The summed E-state index contributed by atoms with van der Waals surface area (Å²) in [5.41, 5.74) is 1.64. The molecule has 2 aromatic heterocycles. The Labute approximate surface area is 123 Å². The molecule has 0 aliphatic rings. The van der Waals surface area contributed by atoms with Crippen molar-refractivity contribution in [3.8, 4) is 0 Å². The summed E-state index contributed by atoms with van der Waals surface area (Å²) in [6.07, 6.45) is -3.89. The number of anilines is 2. The largest absolute Gasteiger partial charge is 0.433 e. The first-order valence-corrected chi connectivity index (χ1v) is 7.24. The van der Waals surface area contributed by atoms with Gasteiger partial charge in [0.2, 0.25) is 5.95 Å². The van der Waals surface area contributed by atoms with Crippen molar-refractivity contribution >= 4 is 23.1 Å². The van der Waals surface area contributed by atoms with Gasteiger partial charge in [-0.15, -0.1) is 11.3 Å². The van der Waals surface area contributed by atoms with E-state index in [0.29, 0.717) is 19.5 Å². The number of hydrogen-bond donors (Lipinski definition) is 2. The molecule has 0 aliphatic heterocycles. The molecule has 0 saturated heterocycles. The molecule has 2 rings (SSSR count). The number of nitrogens with zero attached hydrogens (tertiary/aromatic N) is 3. The minimum absolute atomic E-state index is 0.0384. The lowest BCUT2D eigenvalue weighted by atomic mass is 10.3. The molecular weight excluding hydrogens is 303 g/mol. The van der Waals surface area contributed by atoms with Crippen molar-refractivity contribution < 1.29 is 13.2 Å². The number of thiazole rings is 1. The van der Waals surface area contributed by atoms with Crippen molar-refractivity contribution in [3.05, 3.63) is 28.3 Å². The molecule has 0 unspecified atom stereocenters. The van der Waals surface area contributed by atoms with Gasteiger partial charge in [0.05, 0.1) is 11.2 Å². The van der Waals surface area contributed by atoms with Crippen molar-refractivity contribution in [2.75, 3.05) is 23.7 Å². The predicted molar refractivity (Wildman–Crippen MR) is 75.5 cm³/mol. The van der Waals surface area contributed by atoms with E-state index in [-0.39, 0.29) is 11.8 Å². The van der Waals surface area contributed by atoms with Crippen LogP contribution in [0, 0.1) is 0 Å². The molecule has 0 saturated carbocycles. The van der Waals surface area contributed by atoms with Crippen molar-refractivity contribution in [1.29, 1.82) is 0 Å². The second-order valence-electron chi connectivity index (χ2n) is 4.15. The summed E-state index contributed by atoms with van der Waals surface area (Å²) >= 11 is 1.48. The first kappa shape index (κ1) is 15.5. The number of hydrogen-bond acceptors (Lipinski definition) is 6. The van der Waals surface area contributed by atoms with Gasteiger partial charge in [-0.1, -0.05) is 0 Å². The van der Waals surface area contributed by atoms with Gasteiger partial charge < -0.3 is 10.6 Å². The number of rotatable bonds is 6. The normalized spacial score (nSPS) is 11.4. The van der Waals surface area contributed by atoms with Gasteiger partial charge in [-0.3, -0.25) is 0 Å². The Hall–Kier alpha value is -1.90. The van der Waals surface area contributed by atoms with Crippen LogP contribution in [0.5, 0.6) is 0 Å². The molecule has 0 spiro atoms. The first-order valence-electron chi connectivity index (χ1n) is 6.30. The van der Waals surface area contributed by atoms with Crippen molar-refractivity contribution in [2.45, 2.75) is 19.5 Å². The maximum Gasteiger partial charge on any atom is 0.433 e. The summed E-state index contributed by atoms with van der Waals surface area (Å²) in [5.74, 6) is 0.104. The molecule has 9 heteroatoms. The van der Waals surface area contributed by atoms with Crippen LogP contribution in [0.2, 0.25) is 0 Å². The van der Waals surface area contributed by atoms with Gasteiger partial charge in [-0.05, 0) is 6.92 Å². The fraction of sp³-hybridized carbons (Fsp3) is 0.417.